The highest BCUT2D eigenvalue weighted by Gasteiger charge is 2.07. The first-order valence-electron chi connectivity index (χ1n) is 6.70. The first kappa shape index (κ1) is 16.6. The highest BCUT2D eigenvalue weighted by Crippen LogP contribution is 2.12. The van der Waals surface area contributed by atoms with Crippen LogP contribution >= 0.6 is 0 Å². The molecule has 21 heavy (non-hydrogen) atoms. The maximum Gasteiger partial charge on any atom is 0.330 e. The van der Waals surface area contributed by atoms with Gasteiger partial charge in [-0.05, 0) is 18.2 Å². The van der Waals surface area contributed by atoms with Gasteiger partial charge < -0.3 is 14.4 Å². The Morgan fingerprint density at radius 1 is 1.05 bits per heavy atom. The summed E-state index contributed by atoms with van der Waals surface area (Å²) in [6.45, 7) is 12.7. The minimum absolute atomic E-state index is 0.294. The lowest BCUT2D eigenvalue weighted by atomic mass is 10.3. The molecule has 0 amide bonds. The SMILES string of the molecule is C=CC(=C)OCCN(CCOC(=O)C=C)c1ccccc1. The van der Waals surface area contributed by atoms with Crippen LogP contribution in [-0.4, -0.2) is 32.3 Å². The standard InChI is InChI=1S/C17H21NO3/c1-4-15(3)20-13-11-18(12-14-21-17(19)5-2)16-9-7-6-8-10-16/h4-10H,1-3,11-14H2. The molecular weight excluding hydrogens is 266 g/mol. The van der Waals surface area contributed by atoms with Crippen LogP contribution in [-0.2, 0) is 14.3 Å². The van der Waals surface area contributed by atoms with Crippen molar-refractivity contribution in [3.8, 4) is 0 Å². The van der Waals surface area contributed by atoms with Crippen molar-refractivity contribution in [2.75, 3.05) is 31.2 Å². The van der Waals surface area contributed by atoms with E-state index in [0.29, 0.717) is 32.1 Å². The minimum Gasteiger partial charge on any atom is -0.492 e. The highest BCUT2D eigenvalue weighted by molar-refractivity contribution is 5.81. The fourth-order valence-corrected chi connectivity index (χ4v) is 1.67. The van der Waals surface area contributed by atoms with Crippen LogP contribution in [0.3, 0.4) is 0 Å². The van der Waals surface area contributed by atoms with E-state index in [9.17, 15) is 4.79 Å². The lowest BCUT2D eigenvalue weighted by Gasteiger charge is -2.24. The summed E-state index contributed by atoms with van der Waals surface area (Å²) in [4.78, 5) is 13.1. The third-order valence-corrected chi connectivity index (χ3v) is 2.77. The molecule has 1 aromatic carbocycles. The summed E-state index contributed by atoms with van der Waals surface area (Å²) < 4.78 is 10.4. The number of rotatable bonds is 10. The maximum absolute atomic E-state index is 11.1. The van der Waals surface area contributed by atoms with Gasteiger partial charge in [-0.2, -0.15) is 0 Å². The van der Waals surface area contributed by atoms with E-state index in [1.165, 1.54) is 0 Å². The predicted molar refractivity (Wildman–Crippen MR) is 85.1 cm³/mol. The van der Waals surface area contributed by atoms with E-state index in [4.69, 9.17) is 9.47 Å². The lowest BCUT2D eigenvalue weighted by Crippen LogP contribution is -2.31. The van der Waals surface area contributed by atoms with Crippen LogP contribution < -0.4 is 4.90 Å². The summed E-state index contributed by atoms with van der Waals surface area (Å²) in [5.41, 5.74) is 1.04. The molecule has 0 bridgehead atoms. The number of carbonyl (C=O) groups excluding carboxylic acids is 1. The maximum atomic E-state index is 11.1. The third kappa shape index (κ3) is 6.47. The van der Waals surface area contributed by atoms with Crippen LogP contribution in [0.4, 0.5) is 5.69 Å². The highest BCUT2D eigenvalue weighted by atomic mass is 16.5. The molecular formula is C17H21NO3. The van der Waals surface area contributed by atoms with Gasteiger partial charge in [0.25, 0.3) is 0 Å². The van der Waals surface area contributed by atoms with Gasteiger partial charge in [-0.1, -0.05) is 37.9 Å². The molecule has 0 saturated heterocycles. The number of nitrogens with zero attached hydrogens (tertiary/aromatic N) is 1. The second-order valence-electron chi connectivity index (χ2n) is 4.21. The van der Waals surface area contributed by atoms with Gasteiger partial charge in [-0.25, -0.2) is 4.79 Å². The molecule has 0 aliphatic carbocycles. The van der Waals surface area contributed by atoms with Crippen molar-refractivity contribution in [2.24, 2.45) is 0 Å². The molecule has 0 spiro atoms. The van der Waals surface area contributed by atoms with E-state index < -0.39 is 5.97 Å². The third-order valence-electron chi connectivity index (χ3n) is 2.77. The van der Waals surface area contributed by atoms with Crippen LogP contribution in [0.15, 0.2) is 68.0 Å². The number of hydrogen-bond donors (Lipinski definition) is 0. The molecule has 112 valence electrons. The lowest BCUT2D eigenvalue weighted by molar-refractivity contribution is -0.137. The summed E-state index contributed by atoms with van der Waals surface area (Å²) in [5.74, 6) is 0.125. The second kappa shape index (κ2) is 9.42. The summed E-state index contributed by atoms with van der Waals surface area (Å²) in [6.07, 6.45) is 2.72. The number of benzene rings is 1. The quantitative estimate of drug-likeness (QED) is 0.287. The molecule has 0 heterocycles. The van der Waals surface area contributed by atoms with Crippen LogP contribution in [0.2, 0.25) is 0 Å². The zero-order chi connectivity index (χ0) is 15.5. The fraction of sp³-hybridized carbons (Fsp3) is 0.235. The molecule has 0 aliphatic rings. The summed E-state index contributed by atoms with van der Waals surface area (Å²) in [7, 11) is 0. The molecule has 0 fully saturated rings. The van der Waals surface area contributed by atoms with E-state index in [-0.39, 0.29) is 0 Å². The molecule has 4 nitrogen and oxygen atoms in total. The van der Waals surface area contributed by atoms with Crippen molar-refractivity contribution in [1.82, 2.24) is 0 Å². The van der Waals surface area contributed by atoms with E-state index in [1.54, 1.807) is 6.08 Å². The van der Waals surface area contributed by atoms with Gasteiger partial charge in [0.05, 0.1) is 13.1 Å². The molecule has 0 radical (unpaired) electrons. The number of hydrogen-bond acceptors (Lipinski definition) is 4. The van der Waals surface area contributed by atoms with Crippen LogP contribution in [0, 0.1) is 0 Å². The molecule has 4 heteroatoms. The normalized spacial score (nSPS) is 9.52. The summed E-state index contributed by atoms with van der Waals surface area (Å²) >= 11 is 0. The second-order valence-corrected chi connectivity index (χ2v) is 4.21. The first-order valence-corrected chi connectivity index (χ1v) is 6.70. The molecule has 0 saturated carbocycles. The Morgan fingerprint density at radius 2 is 1.67 bits per heavy atom. The van der Waals surface area contributed by atoms with Gasteiger partial charge in [-0.15, -0.1) is 0 Å². The molecule has 0 aliphatic heterocycles. The van der Waals surface area contributed by atoms with Gasteiger partial charge in [0.15, 0.2) is 0 Å². The average molecular weight is 287 g/mol. The zero-order valence-corrected chi connectivity index (χ0v) is 12.2. The van der Waals surface area contributed by atoms with E-state index in [2.05, 4.69) is 24.6 Å². The van der Waals surface area contributed by atoms with Crippen molar-refractivity contribution < 1.29 is 14.3 Å². The number of para-hydroxylation sites is 1. The molecule has 1 aromatic rings. The van der Waals surface area contributed by atoms with Crippen molar-refractivity contribution in [1.29, 1.82) is 0 Å². The van der Waals surface area contributed by atoms with Crippen LogP contribution in [0.25, 0.3) is 0 Å². The van der Waals surface area contributed by atoms with Gasteiger partial charge in [0.1, 0.15) is 19.0 Å². The molecule has 1 rings (SSSR count). The number of ether oxygens (including phenoxy) is 2. The van der Waals surface area contributed by atoms with Crippen molar-refractivity contribution in [3.05, 3.63) is 68.0 Å². The van der Waals surface area contributed by atoms with E-state index >= 15 is 0 Å². The number of esters is 1. The zero-order valence-electron chi connectivity index (χ0n) is 12.2. The number of carbonyl (C=O) groups is 1. The average Bonchev–Trinajstić information content (AvgIpc) is 2.53. The Labute approximate surface area is 126 Å². The van der Waals surface area contributed by atoms with Crippen molar-refractivity contribution >= 4 is 11.7 Å². The Hall–Kier alpha value is -2.49. The van der Waals surface area contributed by atoms with Crippen LogP contribution in [0.5, 0.6) is 0 Å². The molecule has 0 N–H and O–H groups in total. The van der Waals surface area contributed by atoms with Crippen molar-refractivity contribution in [2.45, 2.75) is 0 Å². The Balaban J connectivity index is 2.54. The smallest absolute Gasteiger partial charge is 0.330 e. The predicted octanol–water partition coefficient (Wildman–Crippen LogP) is 2.94. The summed E-state index contributed by atoms with van der Waals surface area (Å²) in [5, 5.41) is 0. The molecule has 0 aromatic heterocycles. The van der Waals surface area contributed by atoms with Crippen molar-refractivity contribution in [3.63, 3.8) is 0 Å². The van der Waals surface area contributed by atoms with Gasteiger partial charge in [0.2, 0.25) is 0 Å². The van der Waals surface area contributed by atoms with E-state index in [1.807, 2.05) is 30.3 Å². The minimum atomic E-state index is -0.417. The van der Waals surface area contributed by atoms with E-state index in [0.717, 1.165) is 11.8 Å². The number of allylic oxidation sites excluding steroid dienone is 1. The Morgan fingerprint density at radius 3 is 2.24 bits per heavy atom. The van der Waals surface area contributed by atoms with Gasteiger partial charge >= 0.3 is 5.97 Å². The Kier molecular flexibility index (Phi) is 7.43. The van der Waals surface area contributed by atoms with Gasteiger partial charge in [-0.3, -0.25) is 0 Å². The first-order chi connectivity index (χ1) is 10.2. The molecule has 0 unspecified atom stereocenters. The largest absolute Gasteiger partial charge is 0.492 e. The Bertz CT molecular complexity index is 456. The summed E-state index contributed by atoms with van der Waals surface area (Å²) in [6, 6.07) is 9.87. The molecule has 0 atom stereocenters. The topological polar surface area (TPSA) is 38.8 Å². The fourth-order valence-electron chi connectivity index (χ4n) is 1.67. The van der Waals surface area contributed by atoms with Gasteiger partial charge in [0, 0.05) is 11.8 Å². The number of anilines is 1. The monoisotopic (exact) mass is 287 g/mol. The van der Waals surface area contributed by atoms with Crippen LogP contribution in [0.1, 0.15) is 0 Å².